The molecule has 0 atom stereocenters. The van der Waals surface area contributed by atoms with Gasteiger partial charge in [-0.2, -0.15) is 5.26 Å². The highest BCUT2D eigenvalue weighted by Gasteiger charge is 1.97. The van der Waals surface area contributed by atoms with E-state index in [1.165, 1.54) is 0 Å². The summed E-state index contributed by atoms with van der Waals surface area (Å²) in [5.41, 5.74) is 2.61. The van der Waals surface area contributed by atoms with Gasteiger partial charge in [0.15, 0.2) is 0 Å². The molecular weight excluding hydrogens is 174 g/mol. The van der Waals surface area contributed by atoms with Gasteiger partial charge in [-0.15, -0.1) is 0 Å². The molecule has 2 heteroatoms. The second kappa shape index (κ2) is 4.98. The molecule has 0 aliphatic heterocycles. The molecule has 0 aliphatic rings. The molecule has 0 aromatic heterocycles. The Kier molecular flexibility index (Phi) is 3.63. The summed E-state index contributed by atoms with van der Waals surface area (Å²) in [6.07, 6.45) is 4.78. The zero-order chi connectivity index (χ0) is 10.4. The molecule has 0 radical (unpaired) electrons. The summed E-state index contributed by atoms with van der Waals surface area (Å²) in [4.78, 5) is 10.1. The van der Waals surface area contributed by atoms with Gasteiger partial charge in [0.2, 0.25) is 0 Å². The van der Waals surface area contributed by atoms with Crippen molar-refractivity contribution in [3.8, 4) is 6.07 Å². The standard InChI is InChI=1S/C12H11NO/c1-10-5-6-12(9-13)11(8-10)4-2-3-7-14/h2,4-8H,3H2,1H3. The van der Waals surface area contributed by atoms with E-state index in [0.717, 1.165) is 17.4 Å². The van der Waals surface area contributed by atoms with Crippen molar-refractivity contribution in [2.24, 2.45) is 0 Å². The number of hydrogen-bond donors (Lipinski definition) is 0. The van der Waals surface area contributed by atoms with E-state index in [1.54, 1.807) is 18.2 Å². The van der Waals surface area contributed by atoms with E-state index >= 15 is 0 Å². The molecule has 70 valence electrons. The van der Waals surface area contributed by atoms with E-state index in [9.17, 15) is 4.79 Å². The molecule has 0 fully saturated rings. The van der Waals surface area contributed by atoms with Gasteiger partial charge < -0.3 is 4.79 Å². The molecule has 0 amide bonds. The quantitative estimate of drug-likeness (QED) is 0.679. The number of rotatable bonds is 3. The highest BCUT2D eigenvalue weighted by atomic mass is 16.1. The predicted molar refractivity (Wildman–Crippen MR) is 55.6 cm³/mol. The van der Waals surface area contributed by atoms with E-state index in [-0.39, 0.29) is 0 Å². The first-order valence-corrected chi connectivity index (χ1v) is 4.39. The average molecular weight is 185 g/mol. The first-order chi connectivity index (χ1) is 6.77. The van der Waals surface area contributed by atoms with Crippen LogP contribution in [0.2, 0.25) is 0 Å². The maximum atomic E-state index is 10.1. The van der Waals surface area contributed by atoms with Crippen LogP contribution in [0.1, 0.15) is 23.1 Å². The van der Waals surface area contributed by atoms with Gasteiger partial charge in [-0.3, -0.25) is 0 Å². The van der Waals surface area contributed by atoms with Crippen LogP contribution in [-0.2, 0) is 4.79 Å². The summed E-state index contributed by atoms with van der Waals surface area (Å²) >= 11 is 0. The van der Waals surface area contributed by atoms with Crippen molar-refractivity contribution in [2.75, 3.05) is 0 Å². The lowest BCUT2D eigenvalue weighted by molar-refractivity contribution is -0.107. The zero-order valence-electron chi connectivity index (χ0n) is 8.03. The number of nitriles is 1. The van der Waals surface area contributed by atoms with Crippen LogP contribution in [-0.4, -0.2) is 6.29 Å². The lowest BCUT2D eigenvalue weighted by Gasteiger charge is -1.98. The molecule has 2 nitrogen and oxygen atoms in total. The Morgan fingerprint density at radius 1 is 1.50 bits per heavy atom. The fourth-order valence-corrected chi connectivity index (χ4v) is 1.17. The van der Waals surface area contributed by atoms with Gasteiger partial charge in [0, 0.05) is 6.42 Å². The third kappa shape index (κ3) is 2.56. The lowest BCUT2D eigenvalue weighted by atomic mass is 10.0. The molecular formula is C12H11NO. The van der Waals surface area contributed by atoms with Gasteiger partial charge in [0.05, 0.1) is 11.6 Å². The van der Waals surface area contributed by atoms with Crippen molar-refractivity contribution in [3.63, 3.8) is 0 Å². The molecule has 0 saturated carbocycles. The second-order valence-corrected chi connectivity index (χ2v) is 3.01. The largest absolute Gasteiger partial charge is 0.303 e. The van der Waals surface area contributed by atoms with Gasteiger partial charge in [-0.05, 0) is 18.6 Å². The summed E-state index contributed by atoms with van der Waals surface area (Å²) in [5.74, 6) is 0. The maximum absolute atomic E-state index is 10.1. The number of benzene rings is 1. The van der Waals surface area contributed by atoms with Crippen LogP contribution in [0.5, 0.6) is 0 Å². The number of aryl methyl sites for hydroxylation is 1. The number of allylic oxidation sites excluding steroid dienone is 1. The molecule has 0 heterocycles. The van der Waals surface area contributed by atoms with Gasteiger partial charge in [-0.25, -0.2) is 0 Å². The van der Waals surface area contributed by atoms with Crippen LogP contribution in [0.15, 0.2) is 24.3 Å². The third-order valence-electron chi connectivity index (χ3n) is 1.86. The van der Waals surface area contributed by atoms with Crippen molar-refractivity contribution in [1.29, 1.82) is 5.26 Å². The average Bonchev–Trinajstić information content (AvgIpc) is 2.19. The molecule has 14 heavy (non-hydrogen) atoms. The van der Waals surface area contributed by atoms with E-state index in [4.69, 9.17) is 5.26 Å². The topological polar surface area (TPSA) is 40.9 Å². The number of hydrogen-bond acceptors (Lipinski definition) is 2. The Bertz CT molecular complexity index is 399. The fraction of sp³-hybridized carbons (Fsp3) is 0.167. The van der Waals surface area contributed by atoms with Gasteiger partial charge in [-0.1, -0.05) is 29.8 Å². The van der Waals surface area contributed by atoms with Gasteiger partial charge in [0.25, 0.3) is 0 Å². The number of carbonyl (C=O) groups excluding carboxylic acids is 1. The summed E-state index contributed by atoms with van der Waals surface area (Å²) in [6.45, 7) is 1.97. The Morgan fingerprint density at radius 2 is 2.29 bits per heavy atom. The van der Waals surface area contributed by atoms with Gasteiger partial charge in [0.1, 0.15) is 6.29 Å². The monoisotopic (exact) mass is 185 g/mol. The van der Waals surface area contributed by atoms with E-state index in [0.29, 0.717) is 12.0 Å². The molecule has 0 saturated heterocycles. The van der Waals surface area contributed by atoms with Crippen LogP contribution < -0.4 is 0 Å². The summed E-state index contributed by atoms with van der Waals surface area (Å²) in [5, 5.41) is 8.81. The second-order valence-electron chi connectivity index (χ2n) is 3.01. The van der Waals surface area contributed by atoms with Crippen LogP contribution >= 0.6 is 0 Å². The van der Waals surface area contributed by atoms with Crippen molar-refractivity contribution in [3.05, 3.63) is 41.0 Å². The third-order valence-corrected chi connectivity index (χ3v) is 1.86. The van der Waals surface area contributed by atoms with Crippen LogP contribution in [0.4, 0.5) is 0 Å². The maximum Gasteiger partial charge on any atom is 0.123 e. The van der Waals surface area contributed by atoms with Crippen molar-refractivity contribution in [1.82, 2.24) is 0 Å². The van der Waals surface area contributed by atoms with E-state index in [2.05, 4.69) is 6.07 Å². The van der Waals surface area contributed by atoms with E-state index in [1.807, 2.05) is 19.1 Å². The molecule has 1 rings (SSSR count). The van der Waals surface area contributed by atoms with Gasteiger partial charge >= 0.3 is 0 Å². The highest BCUT2D eigenvalue weighted by molar-refractivity contribution is 5.62. The number of carbonyl (C=O) groups is 1. The lowest BCUT2D eigenvalue weighted by Crippen LogP contribution is -1.83. The summed E-state index contributed by atoms with van der Waals surface area (Å²) < 4.78 is 0. The smallest absolute Gasteiger partial charge is 0.123 e. The Hall–Kier alpha value is -1.88. The minimum atomic E-state index is 0.388. The molecule has 0 N–H and O–H groups in total. The minimum Gasteiger partial charge on any atom is -0.303 e. The molecule has 1 aromatic carbocycles. The van der Waals surface area contributed by atoms with Crippen molar-refractivity contribution in [2.45, 2.75) is 13.3 Å². The fourth-order valence-electron chi connectivity index (χ4n) is 1.17. The van der Waals surface area contributed by atoms with Crippen LogP contribution in [0, 0.1) is 18.3 Å². The number of aldehydes is 1. The summed E-state index contributed by atoms with van der Waals surface area (Å²) in [6, 6.07) is 7.73. The predicted octanol–water partition coefficient (Wildman–Crippen LogP) is 2.47. The van der Waals surface area contributed by atoms with Crippen LogP contribution in [0.3, 0.4) is 0 Å². The Balaban J connectivity index is 3.00. The minimum absolute atomic E-state index is 0.388. The summed E-state index contributed by atoms with van der Waals surface area (Å²) in [7, 11) is 0. The normalized spacial score (nSPS) is 10.0. The number of nitrogens with zero attached hydrogens (tertiary/aromatic N) is 1. The Labute approximate surface area is 83.5 Å². The molecule has 0 bridgehead atoms. The van der Waals surface area contributed by atoms with Crippen molar-refractivity contribution < 1.29 is 4.79 Å². The Morgan fingerprint density at radius 3 is 2.93 bits per heavy atom. The highest BCUT2D eigenvalue weighted by Crippen LogP contribution is 2.12. The molecule has 0 spiro atoms. The zero-order valence-corrected chi connectivity index (χ0v) is 8.03. The molecule has 0 unspecified atom stereocenters. The first-order valence-electron chi connectivity index (χ1n) is 4.39. The molecule has 1 aromatic rings. The van der Waals surface area contributed by atoms with E-state index < -0.39 is 0 Å². The first kappa shape index (κ1) is 10.2. The molecule has 0 aliphatic carbocycles. The van der Waals surface area contributed by atoms with Crippen LogP contribution in [0.25, 0.3) is 6.08 Å². The van der Waals surface area contributed by atoms with Crippen molar-refractivity contribution >= 4 is 12.4 Å². The SMILES string of the molecule is Cc1ccc(C#N)c(C=CCC=O)c1.